The number of hydrogen-bond acceptors (Lipinski definition) is 2. The normalized spacial score (nSPS) is 22.5. The van der Waals surface area contributed by atoms with Crippen LogP contribution in [0.3, 0.4) is 0 Å². The summed E-state index contributed by atoms with van der Waals surface area (Å²) in [4.78, 5) is 12.8. The van der Waals surface area contributed by atoms with Crippen molar-refractivity contribution in [1.29, 1.82) is 0 Å². The third-order valence-electron chi connectivity index (χ3n) is 4.37. The van der Waals surface area contributed by atoms with Crippen molar-refractivity contribution in [3.63, 3.8) is 0 Å². The summed E-state index contributed by atoms with van der Waals surface area (Å²) in [7, 11) is 0. The van der Waals surface area contributed by atoms with Gasteiger partial charge in [0, 0.05) is 16.8 Å². The molecule has 2 aromatic carbocycles. The highest BCUT2D eigenvalue weighted by Gasteiger charge is 2.45. The van der Waals surface area contributed by atoms with Crippen LogP contribution in [0.15, 0.2) is 46.9 Å². The Kier molecular flexibility index (Phi) is 3.11. The summed E-state index contributed by atoms with van der Waals surface area (Å²) in [6, 6.07) is 14.3. The predicted octanol–water partition coefficient (Wildman–Crippen LogP) is 4.37. The summed E-state index contributed by atoms with van der Waals surface area (Å²) >= 11 is 3.51. The van der Waals surface area contributed by atoms with Gasteiger partial charge in [-0.1, -0.05) is 46.3 Å². The zero-order valence-electron chi connectivity index (χ0n) is 11.5. The van der Waals surface area contributed by atoms with E-state index in [2.05, 4.69) is 34.1 Å². The molecule has 2 atom stereocenters. The molecule has 0 amide bonds. The van der Waals surface area contributed by atoms with Gasteiger partial charge in [0.1, 0.15) is 5.75 Å². The first kappa shape index (κ1) is 13.1. The Morgan fingerprint density at radius 2 is 2.00 bits per heavy atom. The van der Waals surface area contributed by atoms with Gasteiger partial charge in [0.2, 0.25) is 0 Å². The Morgan fingerprint density at radius 1 is 1.19 bits per heavy atom. The van der Waals surface area contributed by atoms with Gasteiger partial charge in [0.25, 0.3) is 0 Å². The lowest BCUT2D eigenvalue weighted by Crippen LogP contribution is -2.05. The maximum absolute atomic E-state index is 12.8. The second-order valence-corrected chi connectivity index (χ2v) is 6.68. The van der Waals surface area contributed by atoms with Crippen LogP contribution in [0.25, 0.3) is 0 Å². The van der Waals surface area contributed by atoms with E-state index in [1.165, 1.54) is 5.56 Å². The fourth-order valence-corrected chi connectivity index (χ4v) is 3.71. The molecule has 0 spiro atoms. The molecule has 1 heterocycles. The summed E-state index contributed by atoms with van der Waals surface area (Å²) in [6.07, 6.45) is 1.84. The lowest BCUT2D eigenvalue weighted by molar-refractivity contribution is 0.0962. The lowest BCUT2D eigenvalue weighted by Gasteiger charge is -2.08. The summed E-state index contributed by atoms with van der Waals surface area (Å²) in [5, 5.41) is 0. The molecule has 1 fully saturated rings. The van der Waals surface area contributed by atoms with E-state index in [0.717, 1.165) is 34.2 Å². The molecule has 0 saturated heterocycles. The molecular weight excluding hydrogens is 328 g/mol. The molecule has 21 heavy (non-hydrogen) atoms. The fraction of sp³-hybridized carbons (Fsp3) is 0.278. The number of fused-ring (bicyclic) bond motifs is 1. The van der Waals surface area contributed by atoms with Crippen LogP contribution in [0.2, 0.25) is 0 Å². The third-order valence-corrected chi connectivity index (χ3v) is 4.83. The lowest BCUT2D eigenvalue weighted by atomic mass is 10.00. The molecule has 2 aliphatic rings. The average molecular weight is 343 g/mol. The number of ketones is 1. The van der Waals surface area contributed by atoms with Crippen LogP contribution in [0.5, 0.6) is 5.75 Å². The van der Waals surface area contributed by atoms with Gasteiger partial charge in [0.15, 0.2) is 5.78 Å². The fourth-order valence-electron chi connectivity index (χ4n) is 3.21. The number of carbonyl (C=O) groups excluding carboxylic acids is 1. The van der Waals surface area contributed by atoms with E-state index >= 15 is 0 Å². The second-order valence-electron chi connectivity index (χ2n) is 5.76. The van der Waals surface area contributed by atoms with E-state index < -0.39 is 0 Å². The number of rotatable bonds is 3. The van der Waals surface area contributed by atoms with E-state index in [1.807, 2.05) is 24.3 Å². The minimum absolute atomic E-state index is 0.106. The summed E-state index contributed by atoms with van der Waals surface area (Å²) in [6.45, 7) is 0.679. The van der Waals surface area contributed by atoms with Crippen LogP contribution in [-0.4, -0.2) is 12.4 Å². The van der Waals surface area contributed by atoms with Crippen molar-refractivity contribution in [2.24, 2.45) is 5.92 Å². The van der Waals surface area contributed by atoms with Crippen molar-refractivity contribution >= 4 is 21.7 Å². The Bertz CT molecular complexity index is 709. The molecule has 1 aliphatic carbocycles. The molecule has 2 nitrogen and oxygen atoms in total. The minimum Gasteiger partial charge on any atom is -0.492 e. The molecule has 0 N–H and O–H groups in total. The third kappa shape index (κ3) is 2.30. The zero-order chi connectivity index (χ0) is 14.4. The van der Waals surface area contributed by atoms with Gasteiger partial charge in [-0.05, 0) is 35.6 Å². The Morgan fingerprint density at radius 3 is 2.81 bits per heavy atom. The molecule has 3 heteroatoms. The molecule has 1 saturated carbocycles. The van der Waals surface area contributed by atoms with Crippen LogP contribution >= 0.6 is 15.9 Å². The van der Waals surface area contributed by atoms with Crippen molar-refractivity contribution in [3.8, 4) is 5.75 Å². The van der Waals surface area contributed by atoms with Crippen LogP contribution in [0.1, 0.15) is 33.8 Å². The van der Waals surface area contributed by atoms with Gasteiger partial charge in [0.05, 0.1) is 12.2 Å². The minimum atomic E-state index is 0.106. The van der Waals surface area contributed by atoms with Gasteiger partial charge in [-0.25, -0.2) is 0 Å². The van der Waals surface area contributed by atoms with E-state index in [-0.39, 0.29) is 11.7 Å². The van der Waals surface area contributed by atoms with Crippen molar-refractivity contribution in [2.75, 3.05) is 6.61 Å². The van der Waals surface area contributed by atoms with E-state index in [9.17, 15) is 4.79 Å². The summed E-state index contributed by atoms with van der Waals surface area (Å²) in [5.74, 6) is 1.51. The SMILES string of the molecule is O=C(c1cc(Br)cc2c1OCC2)C1CC1c1ccccc1. The molecule has 106 valence electrons. The number of ether oxygens (including phenoxy) is 1. The van der Waals surface area contributed by atoms with Crippen LogP contribution in [-0.2, 0) is 6.42 Å². The molecule has 2 unspecified atom stereocenters. The van der Waals surface area contributed by atoms with Crippen molar-refractivity contribution in [1.82, 2.24) is 0 Å². The number of halogens is 1. The molecule has 1 aliphatic heterocycles. The van der Waals surface area contributed by atoms with Gasteiger partial charge in [-0.2, -0.15) is 0 Å². The Labute approximate surface area is 132 Å². The topological polar surface area (TPSA) is 26.3 Å². The number of hydrogen-bond donors (Lipinski definition) is 0. The van der Waals surface area contributed by atoms with E-state index in [1.54, 1.807) is 0 Å². The largest absolute Gasteiger partial charge is 0.492 e. The average Bonchev–Trinajstić information content (AvgIpc) is 3.17. The van der Waals surface area contributed by atoms with Crippen molar-refractivity contribution in [2.45, 2.75) is 18.8 Å². The van der Waals surface area contributed by atoms with Crippen molar-refractivity contribution < 1.29 is 9.53 Å². The molecular formula is C18H15BrO2. The maximum atomic E-state index is 12.8. The molecule has 0 radical (unpaired) electrons. The van der Waals surface area contributed by atoms with Crippen molar-refractivity contribution in [3.05, 3.63) is 63.6 Å². The Hall–Kier alpha value is -1.61. The number of Topliss-reactive ketones (excluding diaryl/α,β-unsaturated/α-hetero) is 1. The van der Waals surface area contributed by atoms with Gasteiger partial charge >= 0.3 is 0 Å². The summed E-state index contributed by atoms with van der Waals surface area (Å²) < 4.78 is 6.65. The van der Waals surface area contributed by atoms with Gasteiger partial charge < -0.3 is 4.74 Å². The molecule has 4 rings (SSSR count). The van der Waals surface area contributed by atoms with Crippen LogP contribution in [0.4, 0.5) is 0 Å². The number of carbonyl (C=O) groups is 1. The molecule has 2 aromatic rings. The first-order valence-electron chi connectivity index (χ1n) is 7.28. The van der Waals surface area contributed by atoms with Gasteiger partial charge in [-0.15, -0.1) is 0 Å². The monoisotopic (exact) mass is 342 g/mol. The molecule has 0 aromatic heterocycles. The quantitative estimate of drug-likeness (QED) is 0.774. The highest BCUT2D eigenvalue weighted by molar-refractivity contribution is 9.10. The second kappa shape index (κ2) is 4.99. The zero-order valence-corrected chi connectivity index (χ0v) is 13.1. The maximum Gasteiger partial charge on any atom is 0.170 e. The first-order valence-corrected chi connectivity index (χ1v) is 8.08. The summed E-state index contributed by atoms with van der Waals surface area (Å²) in [5.41, 5.74) is 3.16. The van der Waals surface area contributed by atoms with Crippen LogP contribution in [0, 0.1) is 5.92 Å². The number of benzene rings is 2. The van der Waals surface area contributed by atoms with Gasteiger partial charge in [-0.3, -0.25) is 4.79 Å². The smallest absolute Gasteiger partial charge is 0.170 e. The first-order chi connectivity index (χ1) is 10.2. The van der Waals surface area contributed by atoms with Crippen LogP contribution < -0.4 is 4.74 Å². The molecule has 0 bridgehead atoms. The van der Waals surface area contributed by atoms with E-state index in [0.29, 0.717) is 12.5 Å². The van der Waals surface area contributed by atoms with E-state index in [4.69, 9.17) is 4.74 Å². The Balaban J connectivity index is 1.63. The predicted molar refractivity (Wildman–Crippen MR) is 85.0 cm³/mol. The highest BCUT2D eigenvalue weighted by atomic mass is 79.9. The highest BCUT2D eigenvalue weighted by Crippen LogP contribution is 2.50. The standard InChI is InChI=1S/C18H15BrO2/c19-13-8-12-6-7-21-18(12)16(9-13)17(20)15-10-14(15)11-4-2-1-3-5-11/h1-5,8-9,14-15H,6-7,10H2.